The average Bonchev–Trinajstić information content (AvgIpc) is 2.35. The fraction of sp³-hybridized carbons (Fsp3) is 0.786. The summed E-state index contributed by atoms with van der Waals surface area (Å²) in [5, 5.41) is 3.32. The van der Waals surface area contributed by atoms with Crippen molar-refractivity contribution >= 4 is 5.97 Å². The normalized spacial score (nSPS) is 10.9. The van der Waals surface area contributed by atoms with E-state index in [1.54, 1.807) is 0 Å². The van der Waals surface area contributed by atoms with Crippen molar-refractivity contribution in [3.05, 3.63) is 12.2 Å². The molecule has 0 heterocycles. The summed E-state index contributed by atoms with van der Waals surface area (Å²) < 4.78 is 4.57. The zero-order valence-electron chi connectivity index (χ0n) is 11.3. The summed E-state index contributed by atoms with van der Waals surface area (Å²) in [4.78, 5) is 10.8. The number of carbonyl (C=O) groups excluding carboxylic acids is 1. The number of unbranched alkanes of at least 4 members (excludes halogenated alkanes) is 4. The van der Waals surface area contributed by atoms with Crippen LogP contribution in [0.15, 0.2) is 12.2 Å². The maximum Gasteiger partial charge on any atom is 0.305 e. The number of rotatable bonds is 11. The van der Waals surface area contributed by atoms with Crippen LogP contribution in [0, 0.1) is 0 Å². The lowest BCUT2D eigenvalue weighted by Crippen LogP contribution is -2.13. The number of esters is 1. The molecule has 3 heteroatoms. The average molecular weight is 241 g/mol. The Morgan fingerprint density at radius 1 is 1.12 bits per heavy atom. The van der Waals surface area contributed by atoms with Crippen LogP contribution in [0.3, 0.4) is 0 Å². The highest BCUT2D eigenvalue weighted by molar-refractivity contribution is 5.68. The van der Waals surface area contributed by atoms with Gasteiger partial charge in [-0.1, -0.05) is 25.5 Å². The van der Waals surface area contributed by atoms with Crippen LogP contribution in [0.2, 0.25) is 0 Å². The highest BCUT2D eigenvalue weighted by Crippen LogP contribution is 2.03. The van der Waals surface area contributed by atoms with Crippen molar-refractivity contribution < 1.29 is 9.53 Å². The van der Waals surface area contributed by atoms with Crippen LogP contribution in [-0.4, -0.2) is 26.2 Å². The first-order valence-electron chi connectivity index (χ1n) is 6.73. The van der Waals surface area contributed by atoms with Crippen LogP contribution in [0.5, 0.6) is 0 Å². The monoisotopic (exact) mass is 241 g/mol. The van der Waals surface area contributed by atoms with Gasteiger partial charge in [-0.25, -0.2) is 0 Å². The molecule has 0 saturated heterocycles. The molecule has 0 rings (SSSR count). The van der Waals surface area contributed by atoms with E-state index in [9.17, 15) is 4.79 Å². The minimum absolute atomic E-state index is 0.109. The standard InChI is InChI=1S/C14H27NO2/c1-3-15-13-11-9-7-5-4-6-8-10-12-14(16)17-2/h4,6,15H,3,5,7-13H2,1-2H3/b6-4-. The SMILES string of the molecule is CCNCCCCC/C=C\CCCC(=O)OC. The summed E-state index contributed by atoms with van der Waals surface area (Å²) in [5.41, 5.74) is 0. The third-order valence-corrected chi connectivity index (χ3v) is 2.62. The Balaban J connectivity index is 3.12. The Labute approximate surface area is 106 Å². The zero-order valence-corrected chi connectivity index (χ0v) is 11.3. The van der Waals surface area contributed by atoms with Gasteiger partial charge in [0, 0.05) is 6.42 Å². The van der Waals surface area contributed by atoms with E-state index in [0.717, 1.165) is 32.4 Å². The van der Waals surface area contributed by atoms with Crippen LogP contribution in [-0.2, 0) is 9.53 Å². The fourth-order valence-electron chi connectivity index (χ4n) is 1.57. The number of ether oxygens (including phenoxy) is 1. The summed E-state index contributed by atoms with van der Waals surface area (Å²) >= 11 is 0. The largest absolute Gasteiger partial charge is 0.469 e. The molecule has 0 aromatic heterocycles. The first-order valence-corrected chi connectivity index (χ1v) is 6.73. The summed E-state index contributed by atoms with van der Waals surface area (Å²) in [6.07, 6.45) is 11.8. The predicted octanol–water partition coefficient (Wildman–Crippen LogP) is 3.06. The third kappa shape index (κ3) is 13.1. The minimum Gasteiger partial charge on any atom is -0.469 e. The van der Waals surface area contributed by atoms with Crippen LogP contribution >= 0.6 is 0 Å². The van der Waals surface area contributed by atoms with Crippen molar-refractivity contribution in [2.24, 2.45) is 0 Å². The molecule has 0 bridgehead atoms. The topological polar surface area (TPSA) is 38.3 Å². The van der Waals surface area contributed by atoms with E-state index < -0.39 is 0 Å². The number of allylic oxidation sites excluding steroid dienone is 2. The smallest absolute Gasteiger partial charge is 0.305 e. The Bertz CT molecular complexity index is 202. The number of hydrogen-bond donors (Lipinski definition) is 1. The van der Waals surface area contributed by atoms with Gasteiger partial charge in [0.15, 0.2) is 0 Å². The van der Waals surface area contributed by atoms with Gasteiger partial charge in [-0.2, -0.15) is 0 Å². The van der Waals surface area contributed by atoms with E-state index in [1.165, 1.54) is 26.4 Å². The van der Waals surface area contributed by atoms with Gasteiger partial charge in [-0.15, -0.1) is 0 Å². The summed E-state index contributed by atoms with van der Waals surface area (Å²) in [6, 6.07) is 0. The lowest BCUT2D eigenvalue weighted by atomic mass is 10.1. The molecule has 0 atom stereocenters. The second-order valence-electron chi connectivity index (χ2n) is 4.14. The number of hydrogen-bond acceptors (Lipinski definition) is 3. The van der Waals surface area contributed by atoms with Crippen molar-refractivity contribution in [2.75, 3.05) is 20.2 Å². The minimum atomic E-state index is -0.109. The second-order valence-corrected chi connectivity index (χ2v) is 4.14. The number of methoxy groups -OCH3 is 1. The fourth-order valence-corrected chi connectivity index (χ4v) is 1.57. The maximum absolute atomic E-state index is 10.8. The molecule has 0 saturated carbocycles. The molecular weight excluding hydrogens is 214 g/mol. The molecule has 0 aromatic carbocycles. The van der Waals surface area contributed by atoms with Crippen molar-refractivity contribution in [1.29, 1.82) is 0 Å². The molecule has 17 heavy (non-hydrogen) atoms. The van der Waals surface area contributed by atoms with Gasteiger partial charge in [0.05, 0.1) is 7.11 Å². The molecule has 1 N–H and O–H groups in total. The first kappa shape index (κ1) is 16.2. The van der Waals surface area contributed by atoms with Gasteiger partial charge in [-0.05, 0) is 45.2 Å². The maximum atomic E-state index is 10.8. The first-order chi connectivity index (χ1) is 8.31. The lowest BCUT2D eigenvalue weighted by Gasteiger charge is -1.99. The lowest BCUT2D eigenvalue weighted by molar-refractivity contribution is -0.140. The Morgan fingerprint density at radius 3 is 2.47 bits per heavy atom. The molecule has 0 radical (unpaired) electrons. The van der Waals surface area contributed by atoms with E-state index in [4.69, 9.17) is 0 Å². The van der Waals surface area contributed by atoms with Crippen molar-refractivity contribution in [3.63, 3.8) is 0 Å². The van der Waals surface area contributed by atoms with Gasteiger partial charge >= 0.3 is 5.97 Å². The molecule has 0 aliphatic carbocycles. The molecule has 0 spiro atoms. The van der Waals surface area contributed by atoms with E-state index in [-0.39, 0.29) is 5.97 Å². The Hall–Kier alpha value is -0.830. The van der Waals surface area contributed by atoms with Crippen molar-refractivity contribution in [2.45, 2.75) is 51.9 Å². The highest BCUT2D eigenvalue weighted by atomic mass is 16.5. The van der Waals surface area contributed by atoms with E-state index in [0.29, 0.717) is 6.42 Å². The second kappa shape index (κ2) is 13.2. The molecule has 0 amide bonds. The van der Waals surface area contributed by atoms with Crippen LogP contribution in [0.1, 0.15) is 51.9 Å². The predicted molar refractivity (Wildman–Crippen MR) is 72.0 cm³/mol. The molecule has 0 aliphatic rings. The summed E-state index contributed by atoms with van der Waals surface area (Å²) in [7, 11) is 1.44. The van der Waals surface area contributed by atoms with E-state index >= 15 is 0 Å². The van der Waals surface area contributed by atoms with Gasteiger partial charge in [0.25, 0.3) is 0 Å². The molecule has 0 unspecified atom stereocenters. The number of nitrogens with one attached hydrogen (secondary N) is 1. The zero-order chi connectivity index (χ0) is 12.8. The van der Waals surface area contributed by atoms with E-state index in [1.807, 2.05) is 0 Å². The quantitative estimate of drug-likeness (QED) is 0.343. The molecule has 0 aromatic rings. The Kier molecular flexibility index (Phi) is 12.6. The van der Waals surface area contributed by atoms with Crippen LogP contribution < -0.4 is 5.32 Å². The molecule has 0 aliphatic heterocycles. The highest BCUT2D eigenvalue weighted by Gasteiger charge is 1.96. The van der Waals surface area contributed by atoms with Crippen molar-refractivity contribution in [1.82, 2.24) is 5.32 Å². The van der Waals surface area contributed by atoms with Crippen LogP contribution in [0.4, 0.5) is 0 Å². The van der Waals surface area contributed by atoms with Gasteiger partial charge in [-0.3, -0.25) is 4.79 Å². The van der Waals surface area contributed by atoms with E-state index in [2.05, 4.69) is 29.1 Å². The molecule has 100 valence electrons. The molecule has 0 fully saturated rings. The van der Waals surface area contributed by atoms with Gasteiger partial charge < -0.3 is 10.1 Å². The van der Waals surface area contributed by atoms with Gasteiger partial charge in [0.2, 0.25) is 0 Å². The molecular formula is C14H27NO2. The summed E-state index contributed by atoms with van der Waals surface area (Å²) in [5.74, 6) is -0.109. The number of carbonyl (C=O) groups is 1. The third-order valence-electron chi connectivity index (χ3n) is 2.62. The van der Waals surface area contributed by atoms with Gasteiger partial charge in [0.1, 0.15) is 0 Å². The summed E-state index contributed by atoms with van der Waals surface area (Å²) in [6.45, 7) is 4.34. The molecule has 3 nitrogen and oxygen atoms in total. The Morgan fingerprint density at radius 2 is 1.82 bits per heavy atom. The van der Waals surface area contributed by atoms with Crippen molar-refractivity contribution in [3.8, 4) is 0 Å². The van der Waals surface area contributed by atoms with Crippen LogP contribution in [0.25, 0.3) is 0 Å².